The van der Waals surface area contributed by atoms with E-state index in [0.717, 1.165) is 24.6 Å². The van der Waals surface area contributed by atoms with Crippen LogP contribution in [0.4, 0.5) is 0 Å². The Bertz CT molecular complexity index is 598. The quantitative estimate of drug-likeness (QED) is 0.509. The van der Waals surface area contributed by atoms with Gasteiger partial charge in [-0.15, -0.1) is 11.3 Å². The van der Waals surface area contributed by atoms with Gasteiger partial charge in [0.1, 0.15) is 0 Å². The van der Waals surface area contributed by atoms with Gasteiger partial charge in [0.05, 0.1) is 13.2 Å². The van der Waals surface area contributed by atoms with Crippen LogP contribution in [-0.4, -0.2) is 37.3 Å². The molecular weight excluding hydrogens is 318 g/mol. The summed E-state index contributed by atoms with van der Waals surface area (Å²) in [6.45, 7) is 6.57. The largest absolute Gasteiger partial charge is 0.396 e. The molecule has 0 bridgehead atoms. The number of hydrogen-bond acceptors (Lipinski definition) is 3. The summed E-state index contributed by atoms with van der Waals surface area (Å²) in [6, 6.07) is 14.3. The summed E-state index contributed by atoms with van der Waals surface area (Å²) in [5.41, 5.74) is 1.13. The van der Waals surface area contributed by atoms with Crippen LogP contribution in [0.15, 0.2) is 52.8 Å². The van der Waals surface area contributed by atoms with Crippen molar-refractivity contribution in [2.24, 2.45) is 4.99 Å². The highest BCUT2D eigenvalue weighted by Crippen LogP contribution is 2.20. The predicted molar refractivity (Wildman–Crippen MR) is 103 cm³/mol. The summed E-state index contributed by atoms with van der Waals surface area (Å²) in [5.74, 6) is 1.27. The van der Waals surface area contributed by atoms with Crippen LogP contribution in [0.1, 0.15) is 36.1 Å². The van der Waals surface area contributed by atoms with Gasteiger partial charge >= 0.3 is 0 Å². The topological polar surface area (TPSA) is 56.7 Å². The third-order valence-electron chi connectivity index (χ3n) is 3.90. The van der Waals surface area contributed by atoms with E-state index in [1.165, 1.54) is 4.88 Å². The third-order valence-corrected chi connectivity index (χ3v) is 5.01. The number of rotatable bonds is 8. The molecule has 0 aliphatic rings. The maximum atomic E-state index is 9.67. The number of benzene rings is 1. The minimum atomic E-state index is 0.0600. The zero-order valence-corrected chi connectivity index (χ0v) is 15.2. The van der Waals surface area contributed by atoms with Crippen molar-refractivity contribution in [3.8, 4) is 0 Å². The number of aliphatic hydroxyl groups excluding tert-OH is 1. The van der Waals surface area contributed by atoms with Crippen LogP contribution >= 0.6 is 11.3 Å². The van der Waals surface area contributed by atoms with E-state index in [9.17, 15) is 5.11 Å². The number of nitrogens with one attached hydrogen (secondary N) is 2. The minimum absolute atomic E-state index is 0.0600. The lowest BCUT2D eigenvalue weighted by molar-refractivity contribution is 0.265. The summed E-state index contributed by atoms with van der Waals surface area (Å²) in [7, 11) is 0. The molecule has 0 saturated heterocycles. The zero-order chi connectivity index (χ0) is 17.2. The molecule has 0 saturated carbocycles. The molecule has 0 aliphatic carbocycles. The van der Waals surface area contributed by atoms with Gasteiger partial charge < -0.3 is 15.7 Å². The fourth-order valence-electron chi connectivity index (χ4n) is 2.46. The Morgan fingerprint density at radius 3 is 2.58 bits per heavy atom. The van der Waals surface area contributed by atoms with Crippen LogP contribution < -0.4 is 10.6 Å². The standard InChI is InChI=1S/C19H27N3OS/c1-3-20-19(21-12-15(2)18-10-7-11-24-18)22-13-17(14-23)16-8-5-4-6-9-16/h4-11,15,17,23H,3,12-14H2,1-2H3,(H2,20,21,22). The molecule has 4 nitrogen and oxygen atoms in total. The SMILES string of the molecule is CCNC(=NCC(C)c1cccs1)NCC(CO)c1ccccc1. The Morgan fingerprint density at radius 1 is 1.17 bits per heavy atom. The Balaban J connectivity index is 1.93. The summed E-state index contributed by atoms with van der Waals surface area (Å²) >= 11 is 1.77. The molecule has 1 heterocycles. The normalized spacial score (nSPS) is 14.2. The van der Waals surface area contributed by atoms with Crippen molar-refractivity contribution in [1.29, 1.82) is 0 Å². The van der Waals surface area contributed by atoms with Crippen molar-refractivity contribution in [1.82, 2.24) is 10.6 Å². The van der Waals surface area contributed by atoms with Gasteiger partial charge in [-0.3, -0.25) is 4.99 Å². The van der Waals surface area contributed by atoms with Gasteiger partial charge in [0.15, 0.2) is 5.96 Å². The van der Waals surface area contributed by atoms with E-state index in [1.807, 2.05) is 30.3 Å². The molecule has 1 aromatic carbocycles. The summed E-state index contributed by atoms with van der Waals surface area (Å²) in [6.07, 6.45) is 0. The van der Waals surface area contributed by atoms with Gasteiger partial charge in [-0.2, -0.15) is 0 Å². The van der Waals surface area contributed by atoms with Gasteiger partial charge in [-0.25, -0.2) is 0 Å². The first kappa shape index (κ1) is 18.5. The number of aliphatic hydroxyl groups is 1. The molecule has 1 aromatic heterocycles. The number of aliphatic imine (C=N–C) groups is 1. The smallest absolute Gasteiger partial charge is 0.191 e. The van der Waals surface area contributed by atoms with Crippen LogP contribution in [0.3, 0.4) is 0 Å². The third kappa shape index (κ3) is 5.65. The molecule has 3 N–H and O–H groups in total. The summed E-state index contributed by atoms with van der Waals surface area (Å²) < 4.78 is 0. The zero-order valence-electron chi connectivity index (χ0n) is 14.4. The average Bonchev–Trinajstić information content (AvgIpc) is 3.15. The van der Waals surface area contributed by atoms with E-state index in [2.05, 4.69) is 47.0 Å². The maximum Gasteiger partial charge on any atom is 0.191 e. The second-order valence-corrected chi connectivity index (χ2v) is 6.79. The van der Waals surface area contributed by atoms with Gasteiger partial charge in [-0.05, 0) is 23.9 Å². The second-order valence-electron chi connectivity index (χ2n) is 5.81. The van der Waals surface area contributed by atoms with Crippen molar-refractivity contribution in [3.63, 3.8) is 0 Å². The molecule has 130 valence electrons. The molecule has 2 atom stereocenters. The fourth-order valence-corrected chi connectivity index (χ4v) is 3.24. The first-order chi connectivity index (χ1) is 11.7. The van der Waals surface area contributed by atoms with Gasteiger partial charge in [0, 0.05) is 29.8 Å². The number of nitrogens with zero attached hydrogens (tertiary/aromatic N) is 1. The number of thiophene rings is 1. The molecule has 0 amide bonds. The minimum Gasteiger partial charge on any atom is -0.396 e. The molecule has 2 rings (SSSR count). The van der Waals surface area contributed by atoms with Crippen LogP contribution in [-0.2, 0) is 0 Å². The van der Waals surface area contributed by atoms with E-state index in [-0.39, 0.29) is 12.5 Å². The van der Waals surface area contributed by atoms with Gasteiger partial charge in [0.2, 0.25) is 0 Å². The van der Waals surface area contributed by atoms with Crippen LogP contribution in [0.25, 0.3) is 0 Å². The lowest BCUT2D eigenvalue weighted by Crippen LogP contribution is -2.40. The van der Waals surface area contributed by atoms with Crippen molar-refractivity contribution in [2.75, 3.05) is 26.2 Å². The van der Waals surface area contributed by atoms with Crippen molar-refractivity contribution in [3.05, 3.63) is 58.3 Å². The first-order valence-electron chi connectivity index (χ1n) is 8.46. The molecule has 0 aliphatic heterocycles. The van der Waals surface area contributed by atoms with Crippen LogP contribution in [0, 0.1) is 0 Å². The van der Waals surface area contributed by atoms with E-state index < -0.39 is 0 Å². The summed E-state index contributed by atoms with van der Waals surface area (Å²) in [5, 5.41) is 18.4. The Morgan fingerprint density at radius 2 is 1.96 bits per heavy atom. The molecule has 2 aromatic rings. The second kappa shape index (κ2) is 10.1. The summed E-state index contributed by atoms with van der Waals surface area (Å²) in [4.78, 5) is 6.04. The Labute approximate surface area is 148 Å². The predicted octanol–water partition coefficient (Wildman–Crippen LogP) is 3.18. The number of hydrogen-bond donors (Lipinski definition) is 3. The molecule has 0 radical (unpaired) electrons. The van der Waals surface area contributed by atoms with Crippen LogP contribution in [0.2, 0.25) is 0 Å². The Hall–Kier alpha value is -1.85. The Kier molecular flexibility index (Phi) is 7.79. The molecule has 24 heavy (non-hydrogen) atoms. The van der Waals surface area contributed by atoms with Crippen LogP contribution in [0.5, 0.6) is 0 Å². The molecule has 2 unspecified atom stereocenters. The monoisotopic (exact) mass is 345 g/mol. The van der Waals surface area contributed by atoms with Crippen molar-refractivity contribution in [2.45, 2.75) is 25.7 Å². The lowest BCUT2D eigenvalue weighted by atomic mass is 10.0. The van der Waals surface area contributed by atoms with Gasteiger partial charge in [-0.1, -0.05) is 43.3 Å². The molecule has 0 spiro atoms. The highest BCUT2D eigenvalue weighted by atomic mass is 32.1. The molecule has 5 heteroatoms. The maximum absolute atomic E-state index is 9.67. The lowest BCUT2D eigenvalue weighted by Gasteiger charge is -2.18. The highest BCUT2D eigenvalue weighted by Gasteiger charge is 2.11. The fraction of sp³-hybridized carbons (Fsp3) is 0.421. The average molecular weight is 346 g/mol. The first-order valence-corrected chi connectivity index (χ1v) is 9.34. The van der Waals surface area contributed by atoms with E-state index >= 15 is 0 Å². The van der Waals surface area contributed by atoms with Gasteiger partial charge in [0.25, 0.3) is 0 Å². The van der Waals surface area contributed by atoms with E-state index in [4.69, 9.17) is 0 Å². The molecular formula is C19H27N3OS. The van der Waals surface area contributed by atoms with E-state index in [0.29, 0.717) is 12.5 Å². The molecule has 0 fully saturated rings. The number of guanidine groups is 1. The van der Waals surface area contributed by atoms with Crippen molar-refractivity contribution < 1.29 is 5.11 Å². The van der Waals surface area contributed by atoms with Crippen molar-refractivity contribution >= 4 is 17.3 Å². The highest BCUT2D eigenvalue weighted by molar-refractivity contribution is 7.10. The van der Waals surface area contributed by atoms with E-state index in [1.54, 1.807) is 11.3 Å².